The number of nitrogens with one attached hydrogen (secondary N) is 1. The predicted octanol–water partition coefficient (Wildman–Crippen LogP) is 1.51. The highest BCUT2D eigenvalue weighted by Crippen LogP contribution is 2.27. The summed E-state index contributed by atoms with van der Waals surface area (Å²) in [4.78, 5) is 23.7. The maximum Gasteiger partial charge on any atom is 0.322 e. The number of para-hydroxylation sites is 1. The molecule has 0 bridgehead atoms. The van der Waals surface area contributed by atoms with E-state index in [9.17, 15) is 9.59 Å². The Morgan fingerprint density at radius 2 is 2.05 bits per heavy atom. The third-order valence-corrected chi connectivity index (χ3v) is 3.05. The van der Waals surface area contributed by atoms with Crippen LogP contribution in [0.2, 0.25) is 0 Å². The first kappa shape index (κ1) is 13.9. The normalized spacial score (nSPS) is 19.9. The van der Waals surface area contributed by atoms with E-state index in [1.807, 2.05) is 18.2 Å². The fraction of sp³-hybridized carbons (Fsp3) is 0.200. The lowest BCUT2D eigenvalue weighted by molar-refractivity contribution is -0.146. The zero-order chi connectivity index (χ0) is 14.7. The fourth-order valence-corrected chi connectivity index (χ4v) is 2.04. The first-order valence-electron chi connectivity index (χ1n) is 6.01. The van der Waals surface area contributed by atoms with Gasteiger partial charge in [0.15, 0.2) is 11.7 Å². The standard InChI is InChI=1S/C15H15NO4/c1-9-13(15(18)20-3)14(17)11(16-9)8-10-6-4-5-7-12(10)19-2/h4-8,13,16H,1H2,2-3H3. The topological polar surface area (TPSA) is 64.6 Å². The molecule has 1 aliphatic heterocycles. The van der Waals surface area contributed by atoms with Crippen molar-refractivity contribution in [2.45, 2.75) is 0 Å². The van der Waals surface area contributed by atoms with Crippen molar-refractivity contribution in [2.75, 3.05) is 14.2 Å². The van der Waals surface area contributed by atoms with Gasteiger partial charge in [-0.15, -0.1) is 0 Å². The van der Waals surface area contributed by atoms with Crippen LogP contribution in [0, 0.1) is 5.92 Å². The molecule has 1 aliphatic rings. The number of methoxy groups -OCH3 is 2. The van der Waals surface area contributed by atoms with Crippen LogP contribution < -0.4 is 10.1 Å². The van der Waals surface area contributed by atoms with E-state index in [2.05, 4.69) is 16.6 Å². The van der Waals surface area contributed by atoms with E-state index < -0.39 is 11.9 Å². The number of allylic oxidation sites excluding steroid dienone is 1. The molecule has 1 unspecified atom stereocenters. The van der Waals surface area contributed by atoms with Gasteiger partial charge in [0.05, 0.1) is 19.9 Å². The second kappa shape index (κ2) is 5.61. The number of benzene rings is 1. The maximum absolute atomic E-state index is 12.2. The van der Waals surface area contributed by atoms with Gasteiger partial charge >= 0.3 is 5.97 Å². The molecule has 1 saturated heterocycles. The highest BCUT2D eigenvalue weighted by molar-refractivity contribution is 6.15. The van der Waals surface area contributed by atoms with E-state index in [-0.39, 0.29) is 5.78 Å². The van der Waals surface area contributed by atoms with Gasteiger partial charge in [-0.3, -0.25) is 9.59 Å². The summed E-state index contributed by atoms with van der Waals surface area (Å²) in [5, 5.41) is 2.83. The smallest absolute Gasteiger partial charge is 0.322 e. The summed E-state index contributed by atoms with van der Waals surface area (Å²) < 4.78 is 9.82. The van der Waals surface area contributed by atoms with Crippen LogP contribution in [0.5, 0.6) is 5.75 Å². The molecule has 1 fully saturated rings. The Bertz CT molecular complexity index is 604. The number of hydrogen-bond acceptors (Lipinski definition) is 5. The number of ether oxygens (including phenoxy) is 2. The average molecular weight is 273 g/mol. The van der Waals surface area contributed by atoms with Crippen molar-refractivity contribution in [3.63, 3.8) is 0 Å². The zero-order valence-electron chi connectivity index (χ0n) is 11.3. The molecule has 2 rings (SSSR count). The zero-order valence-corrected chi connectivity index (χ0v) is 11.3. The molecule has 0 aromatic heterocycles. The highest BCUT2D eigenvalue weighted by Gasteiger charge is 2.39. The fourth-order valence-electron chi connectivity index (χ4n) is 2.04. The largest absolute Gasteiger partial charge is 0.496 e. The van der Waals surface area contributed by atoms with Crippen LogP contribution in [0.25, 0.3) is 6.08 Å². The lowest BCUT2D eigenvalue weighted by Gasteiger charge is -2.05. The molecule has 1 aromatic carbocycles. The number of carbonyl (C=O) groups excluding carboxylic acids is 2. The monoisotopic (exact) mass is 273 g/mol. The molecule has 0 aliphatic carbocycles. The van der Waals surface area contributed by atoms with Crippen LogP contribution in [0.3, 0.4) is 0 Å². The van der Waals surface area contributed by atoms with Crippen molar-refractivity contribution in [1.82, 2.24) is 5.32 Å². The summed E-state index contributed by atoms with van der Waals surface area (Å²) in [5.74, 6) is -1.31. The molecule has 1 N–H and O–H groups in total. The minimum Gasteiger partial charge on any atom is -0.496 e. The van der Waals surface area contributed by atoms with Crippen molar-refractivity contribution in [3.05, 3.63) is 47.8 Å². The summed E-state index contributed by atoms with van der Waals surface area (Å²) in [6.07, 6.45) is 1.63. The second-order valence-corrected chi connectivity index (χ2v) is 4.27. The van der Waals surface area contributed by atoms with Crippen LogP contribution in [0.4, 0.5) is 0 Å². The van der Waals surface area contributed by atoms with Gasteiger partial charge < -0.3 is 14.8 Å². The van der Waals surface area contributed by atoms with Gasteiger partial charge in [-0.05, 0) is 12.1 Å². The van der Waals surface area contributed by atoms with Crippen LogP contribution in [-0.4, -0.2) is 26.0 Å². The minimum absolute atomic E-state index is 0.301. The Balaban J connectivity index is 2.35. The second-order valence-electron chi connectivity index (χ2n) is 4.27. The molecular weight excluding hydrogens is 258 g/mol. The third-order valence-electron chi connectivity index (χ3n) is 3.05. The van der Waals surface area contributed by atoms with E-state index in [0.717, 1.165) is 5.56 Å². The van der Waals surface area contributed by atoms with Gasteiger partial charge in [0.2, 0.25) is 0 Å². The first-order valence-corrected chi connectivity index (χ1v) is 6.01. The predicted molar refractivity (Wildman–Crippen MR) is 73.8 cm³/mol. The molecule has 0 radical (unpaired) electrons. The SMILES string of the molecule is C=C1NC(=Cc2ccccc2OC)C(=O)C1C(=O)OC. The van der Waals surface area contributed by atoms with Gasteiger partial charge in [0.1, 0.15) is 5.75 Å². The molecule has 0 saturated carbocycles. The number of esters is 1. The van der Waals surface area contributed by atoms with Crippen LogP contribution >= 0.6 is 0 Å². The van der Waals surface area contributed by atoms with Gasteiger partial charge in [-0.1, -0.05) is 24.8 Å². The molecule has 0 spiro atoms. The third kappa shape index (κ3) is 2.42. The molecular formula is C15H15NO4. The van der Waals surface area contributed by atoms with Gasteiger partial charge in [-0.2, -0.15) is 0 Å². The number of hydrogen-bond donors (Lipinski definition) is 1. The quantitative estimate of drug-likeness (QED) is 0.514. The summed E-state index contributed by atoms with van der Waals surface area (Å²) >= 11 is 0. The molecule has 5 nitrogen and oxygen atoms in total. The number of ketones is 1. The average Bonchev–Trinajstić information content (AvgIpc) is 2.73. The molecule has 1 atom stereocenters. The van der Waals surface area contributed by atoms with Crippen molar-refractivity contribution >= 4 is 17.8 Å². The molecule has 20 heavy (non-hydrogen) atoms. The summed E-state index contributed by atoms with van der Waals surface area (Å²) in [6.45, 7) is 3.68. The van der Waals surface area contributed by atoms with E-state index in [1.165, 1.54) is 7.11 Å². The Morgan fingerprint density at radius 3 is 2.70 bits per heavy atom. The van der Waals surface area contributed by atoms with E-state index in [4.69, 9.17) is 4.74 Å². The number of carbonyl (C=O) groups is 2. The van der Waals surface area contributed by atoms with E-state index in [1.54, 1.807) is 19.3 Å². The van der Waals surface area contributed by atoms with Crippen molar-refractivity contribution < 1.29 is 19.1 Å². The van der Waals surface area contributed by atoms with Crippen molar-refractivity contribution in [3.8, 4) is 5.75 Å². The van der Waals surface area contributed by atoms with Crippen molar-refractivity contribution in [2.24, 2.45) is 5.92 Å². The number of Topliss-reactive ketones (excluding diaryl/α,β-unsaturated/α-hetero) is 1. The number of rotatable bonds is 3. The summed E-state index contributed by atoms with van der Waals surface area (Å²) in [6, 6.07) is 7.27. The van der Waals surface area contributed by atoms with Crippen molar-refractivity contribution in [1.29, 1.82) is 0 Å². The molecule has 1 aromatic rings. The van der Waals surface area contributed by atoms with E-state index in [0.29, 0.717) is 17.1 Å². The molecule has 0 amide bonds. The maximum atomic E-state index is 12.2. The van der Waals surface area contributed by atoms with Crippen LogP contribution in [0.15, 0.2) is 42.2 Å². The lowest BCUT2D eigenvalue weighted by Crippen LogP contribution is -2.21. The molecule has 5 heteroatoms. The lowest BCUT2D eigenvalue weighted by atomic mass is 10.0. The minimum atomic E-state index is -0.985. The molecule has 1 heterocycles. The van der Waals surface area contributed by atoms with Gasteiger partial charge in [0.25, 0.3) is 0 Å². The molecule has 104 valence electrons. The van der Waals surface area contributed by atoms with Crippen LogP contribution in [0.1, 0.15) is 5.56 Å². The Morgan fingerprint density at radius 1 is 1.35 bits per heavy atom. The van der Waals surface area contributed by atoms with Gasteiger partial charge in [-0.25, -0.2) is 0 Å². The summed E-state index contributed by atoms with van der Waals surface area (Å²) in [7, 11) is 2.79. The highest BCUT2D eigenvalue weighted by atomic mass is 16.5. The van der Waals surface area contributed by atoms with Crippen LogP contribution in [-0.2, 0) is 14.3 Å². The van der Waals surface area contributed by atoms with E-state index >= 15 is 0 Å². The Labute approximate surface area is 116 Å². The van der Waals surface area contributed by atoms with Gasteiger partial charge in [0, 0.05) is 11.3 Å². The Hall–Kier alpha value is -2.56. The Kier molecular flexibility index (Phi) is 3.89. The first-order chi connectivity index (χ1) is 9.58. The summed E-state index contributed by atoms with van der Waals surface area (Å²) in [5.41, 5.74) is 1.36.